The monoisotopic (exact) mass is 534 g/mol. The van der Waals surface area contributed by atoms with Gasteiger partial charge in [-0.05, 0) is 119 Å². The Morgan fingerprint density at radius 3 is 2.30 bits per heavy atom. The third-order valence-electron chi connectivity index (χ3n) is 6.21. The molecule has 1 aromatic rings. The summed E-state index contributed by atoms with van der Waals surface area (Å²) in [6.45, 7) is 4.58. The Balaban J connectivity index is 1.66. The molecule has 1 fully saturated rings. The van der Waals surface area contributed by atoms with Gasteiger partial charge in [0.2, 0.25) is 0 Å². The molecule has 3 rings (SSSR count). The van der Waals surface area contributed by atoms with E-state index in [4.69, 9.17) is 0 Å². The molecule has 0 saturated heterocycles. The Kier molecular flexibility index (Phi) is 6.49. The molecule has 0 spiro atoms. The van der Waals surface area contributed by atoms with Crippen molar-refractivity contribution >= 4 is 50.8 Å². The molecule has 1 aromatic carbocycles. The average molecular weight is 534 g/mol. The van der Waals surface area contributed by atoms with Crippen LogP contribution in [-0.2, 0) is 0 Å². The highest BCUT2D eigenvalue weighted by molar-refractivity contribution is 14.1. The highest BCUT2D eigenvalue weighted by Crippen LogP contribution is 2.42. The van der Waals surface area contributed by atoms with Crippen LogP contribution in [0.3, 0.4) is 0 Å². The van der Waals surface area contributed by atoms with E-state index in [0.29, 0.717) is 0 Å². The lowest BCUT2D eigenvalue weighted by atomic mass is 9.70. The lowest BCUT2D eigenvalue weighted by molar-refractivity contribution is 0.192. The highest BCUT2D eigenvalue weighted by Gasteiger charge is 2.28. The van der Waals surface area contributed by atoms with Crippen LogP contribution in [0.25, 0.3) is 5.57 Å². The van der Waals surface area contributed by atoms with Crippen LogP contribution >= 0.6 is 45.2 Å². The number of rotatable bonds is 3. The zero-order valence-corrected chi connectivity index (χ0v) is 18.7. The summed E-state index contributed by atoms with van der Waals surface area (Å²) < 4.78 is 2.89. The van der Waals surface area contributed by atoms with Crippen LogP contribution in [0.4, 0.5) is 0 Å². The van der Waals surface area contributed by atoms with Crippen molar-refractivity contribution in [2.75, 3.05) is 0 Å². The topological polar surface area (TPSA) is 0 Å². The molecule has 1 unspecified atom stereocenters. The van der Waals surface area contributed by atoms with Gasteiger partial charge in [-0.15, -0.1) is 0 Å². The molecular formula is C21H28I2. The Morgan fingerprint density at radius 1 is 0.957 bits per heavy atom. The molecule has 0 radical (unpaired) electrons. The fourth-order valence-corrected chi connectivity index (χ4v) is 5.91. The normalized spacial score (nSPS) is 28.5. The summed E-state index contributed by atoms with van der Waals surface area (Å²) in [6, 6.07) is 4.64. The first-order valence-corrected chi connectivity index (χ1v) is 11.4. The van der Waals surface area contributed by atoms with Crippen molar-refractivity contribution in [3.63, 3.8) is 0 Å². The summed E-state index contributed by atoms with van der Waals surface area (Å²) in [5, 5.41) is 0. The van der Waals surface area contributed by atoms with Crippen molar-refractivity contribution in [3.05, 3.63) is 36.5 Å². The van der Waals surface area contributed by atoms with Crippen LogP contribution in [0, 0.1) is 31.8 Å². The molecular weight excluding hydrogens is 506 g/mol. The zero-order valence-electron chi connectivity index (χ0n) is 14.4. The van der Waals surface area contributed by atoms with Gasteiger partial charge in [-0.3, -0.25) is 0 Å². The first kappa shape index (κ1) is 18.2. The summed E-state index contributed by atoms with van der Waals surface area (Å²) in [6.07, 6.45) is 13.9. The predicted octanol–water partition coefficient (Wildman–Crippen LogP) is 7.60. The largest absolute Gasteiger partial charge is 0.0804 e. The average Bonchev–Trinajstić information content (AvgIpc) is 2.60. The van der Waals surface area contributed by atoms with Gasteiger partial charge in [0.25, 0.3) is 0 Å². The predicted molar refractivity (Wildman–Crippen MR) is 118 cm³/mol. The fourth-order valence-electron chi connectivity index (χ4n) is 4.49. The van der Waals surface area contributed by atoms with E-state index >= 15 is 0 Å². The highest BCUT2D eigenvalue weighted by atomic mass is 127. The van der Waals surface area contributed by atoms with Crippen molar-refractivity contribution < 1.29 is 0 Å². The van der Waals surface area contributed by atoms with Crippen molar-refractivity contribution in [3.8, 4) is 0 Å². The maximum atomic E-state index is 2.57. The van der Waals surface area contributed by atoms with Crippen molar-refractivity contribution in [1.29, 1.82) is 0 Å². The van der Waals surface area contributed by atoms with Gasteiger partial charge in [-0.25, -0.2) is 0 Å². The fraction of sp³-hybridized carbons (Fsp3) is 0.619. The molecule has 2 aliphatic carbocycles. The van der Waals surface area contributed by atoms with Gasteiger partial charge in [-0.1, -0.05) is 44.4 Å². The van der Waals surface area contributed by atoms with E-state index in [1.807, 2.05) is 0 Å². The number of allylic oxidation sites excluding steroid dienone is 2. The molecule has 0 heterocycles. The minimum atomic E-state index is 0.957. The number of hydrogen-bond acceptors (Lipinski definition) is 0. The number of halogens is 2. The second-order valence-corrected chi connectivity index (χ2v) is 9.67. The molecule has 0 aliphatic heterocycles. The number of benzene rings is 1. The molecule has 0 nitrogen and oxygen atoms in total. The Labute approximate surface area is 169 Å². The molecule has 2 heteroatoms. The SMILES string of the molecule is CCC1CCC(C2CC=C(c3ccc(C)c(I)c3I)CC2)CC1. The first-order valence-electron chi connectivity index (χ1n) is 9.24. The third-order valence-corrected chi connectivity index (χ3v) is 9.75. The maximum Gasteiger partial charge on any atom is 0.0341 e. The van der Waals surface area contributed by atoms with Gasteiger partial charge < -0.3 is 0 Å². The van der Waals surface area contributed by atoms with Gasteiger partial charge in [-0.2, -0.15) is 0 Å². The minimum Gasteiger partial charge on any atom is -0.0804 e. The van der Waals surface area contributed by atoms with E-state index in [1.54, 1.807) is 5.57 Å². The molecule has 1 saturated carbocycles. The van der Waals surface area contributed by atoms with Crippen LogP contribution in [0.15, 0.2) is 18.2 Å². The van der Waals surface area contributed by atoms with E-state index in [2.05, 4.69) is 77.2 Å². The van der Waals surface area contributed by atoms with Crippen LogP contribution < -0.4 is 0 Å². The number of aryl methyl sites for hydroxylation is 1. The van der Waals surface area contributed by atoms with Crippen molar-refractivity contribution in [1.82, 2.24) is 0 Å². The Hall–Kier alpha value is 0.420. The van der Waals surface area contributed by atoms with Crippen molar-refractivity contribution in [2.45, 2.75) is 65.2 Å². The molecule has 0 amide bonds. The summed E-state index contributed by atoms with van der Waals surface area (Å²) in [5.41, 5.74) is 4.50. The van der Waals surface area contributed by atoms with Crippen LogP contribution in [-0.4, -0.2) is 0 Å². The summed E-state index contributed by atoms with van der Waals surface area (Å²) in [7, 11) is 0. The smallest absolute Gasteiger partial charge is 0.0341 e. The lowest BCUT2D eigenvalue weighted by Crippen LogP contribution is -2.23. The Morgan fingerprint density at radius 2 is 1.70 bits per heavy atom. The third kappa shape index (κ3) is 4.16. The molecule has 0 aromatic heterocycles. The van der Waals surface area contributed by atoms with Gasteiger partial charge in [0.15, 0.2) is 0 Å². The van der Waals surface area contributed by atoms with Gasteiger partial charge in [0, 0.05) is 7.14 Å². The summed E-state index contributed by atoms with van der Waals surface area (Å²) >= 11 is 5.04. The second-order valence-electron chi connectivity index (χ2n) is 7.51. The van der Waals surface area contributed by atoms with Crippen LogP contribution in [0.5, 0.6) is 0 Å². The van der Waals surface area contributed by atoms with E-state index < -0.39 is 0 Å². The van der Waals surface area contributed by atoms with E-state index in [1.165, 1.54) is 69.6 Å². The van der Waals surface area contributed by atoms with Gasteiger partial charge in [0.1, 0.15) is 0 Å². The van der Waals surface area contributed by atoms with E-state index in [0.717, 1.165) is 17.8 Å². The van der Waals surface area contributed by atoms with Crippen LogP contribution in [0.2, 0.25) is 0 Å². The molecule has 126 valence electrons. The summed E-state index contributed by atoms with van der Waals surface area (Å²) in [5.74, 6) is 2.99. The van der Waals surface area contributed by atoms with Gasteiger partial charge >= 0.3 is 0 Å². The zero-order chi connectivity index (χ0) is 16.4. The lowest BCUT2D eigenvalue weighted by Gasteiger charge is -2.35. The maximum absolute atomic E-state index is 2.57. The van der Waals surface area contributed by atoms with Crippen molar-refractivity contribution in [2.24, 2.45) is 17.8 Å². The molecule has 2 aliphatic rings. The minimum absolute atomic E-state index is 0.957. The van der Waals surface area contributed by atoms with E-state index in [-0.39, 0.29) is 0 Å². The number of hydrogen-bond donors (Lipinski definition) is 0. The quantitative estimate of drug-likeness (QED) is 0.351. The molecule has 0 bridgehead atoms. The first-order chi connectivity index (χ1) is 11.1. The molecule has 23 heavy (non-hydrogen) atoms. The van der Waals surface area contributed by atoms with Gasteiger partial charge in [0.05, 0.1) is 0 Å². The molecule has 0 N–H and O–H groups in total. The Bertz CT molecular complexity index is 580. The van der Waals surface area contributed by atoms with E-state index in [9.17, 15) is 0 Å². The standard InChI is InChI=1S/C21H28I2/c1-3-15-5-7-16(8-6-15)17-9-11-18(12-10-17)19-13-4-14(2)20(22)21(19)23/h4,11,13,15-17H,3,5-10,12H2,1-2H3. The van der Waals surface area contributed by atoms with Crippen LogP contribution in [0.1, 0.15) is 69.4 Å². The molecule has 1 atom stereocenters. The second kappa shape index (κ2) is 8.20. The summed E-state index contributed by atoms with van der Waals surface area (Å²) in [4.78, 5) is 0.